The highest BCUT2D eigenvalue weighted by Crippen LogP contribution is 2.19. The van der Waals surface area contributed by atoms with E-state index in [4.69, 9.17) is 16.3 Å². The number of amides is 1. The number of aliphatic hydroxyl groups is 1. The minimum absolute atomic E-state index is 0.0196. The Bertz CT molecular complexity index is 431. The van der Waals surface area contributed by atoms with Crippen molar-refractivity contribution in [3.63, 3.8) is 0 Å². The van der Waals surface area contributed by atoms with Crippen molar-refractivity contribution in [2.24, 2.45) is 0 Å². The first-order valence-electron chi connectivity index (χ1n) is 5.76. The second kappa shape index (κ2) is 6.84. The number of carbonyl (C=O) groups is 1. The Morgan fingerprint density at radius 3 is 2.84 bits per heavy atom. The van der Waals surface area contributed by atoms with E-state index in [1.54, 1.807) is 0 Å². The van der Waals surface area contributed by atoms with Gasteiger partial charge in [0, 0.05) is 24.2 Å². The van der Waals surface area contributed by atoms with Crippen LogP contribution < -0.4 is 5.32 Å². The Labute approximate surface area is 116 Å². The molecule has 1 atom stereocenters. The third kappa shape index (κ3) is 5.14. The fourth-order valence-corrected chi connectivity index (χ4v) is 1.81. The highest BCUT2D eigenvalue weighted by molar-refractivity contribution is 6.31. The highest BCUT2D eigenvalue weighted by atomic mass is 35.5. The van der Waals surface area contributed by atoms with Gasteiger partial charge in [0.05, 0.1) is 13.0 Å². The lowest BCUT2D eigenvalue weighted by Gasteiger charge is -2.22. The maximum Gasteiger partial charge on any atom is 0.224 e. The molecule has 1 rings (SSSR count). The molecule has 1 amide bonds. The van der Waals surface area contributed by atoms with E-state index in [1.165, 1.54) is 32.2 Å². The van der Waals surface area contributed by atoms with Gasteiger partial charge in [0.15, 0.2) is 0 Å². The van der Waals surface area contributed by atoms with E-state index in [9.17, 15) is 14.3 Å². The number of methoxy groups -OCH3 is 1. The van der Waals surface area contributed by atoms with Crippen LogP contribution in [0.2, 0.25) is 5.02 Å². The van der Waals surface area contributed by atoms with Gasteiger partial charge in [-0.15, -0.1) is 0 Å². The van der Waals surface area contributed by atoms with Crippen LogP contribution >= 0.6 is 11.6 Å². The summed E-state index contributed by atoms with van der Waals surface area (Å²) in [5, 5.41) is 12.5. The van der Waals surface area contributed by atoms with Gasteiger partial charge in [0.1, 0.15) is 11.4 Å². The molecule has 0 aromatic heterocycles. The molecule has 6 heteroatoms. The lowest BCUT2D eigenvalue weighted by Crippen LogP contribution is -2.44. The van der Waals surface area contributed by atoms with Crippen LogP contribution in [-0.2, 0) is 16.0 Å². The summed E-state index contributed by atoms with van der Waals surface area (Å²) in [6.07, 6.45) is -0.172. The zero-order chi connectivity index (χ0) is 14.5. The molecule has 0 aliphatic carbocycles. The van der Waals surface area contributed by atoms with Crippen LogP contribution in [0.1, 0.15) is 12.5 Å². The van der Waals surface area contributed by atoms with Crippen LogP contribution in [0.4, 0.5) is 4.39 Å². The first kappa shape index (κ1) is 15.9. The predicted octanol–water partition coefficient (Wildman–Crippen LogP) is 1.54. The molecule has 1 aromatic carbocycles. The molecule has 4 nitrogen and oxygen atoms in total. The Morgan fingerprint density at radius 2 is 2.26 bits per heavy atom. The Morgan fingerprint density at radius 1 is 1.58 bits per heavy atom. The summed E-state index contributed by atoms with van der Waals surface area (Å²) in [4.78, 5) is 11.7. The molecule has 0 unspecified atom stereocenters. The number of carbonyl (C=O) groups excluding carboxylic acids is 1. The maximum atomic E-state index is 13.5. The normalized spacial score (nSPS) is 13.9. The summed E-state index contributed by atoms with van der Waals surface area (Å²) >= 11 is 5.82. The van der Waals surface area contributed by atoms with Gasteiger partial charge in [-0.05, 0) is 19.1 Å². The van der Waals surface area contributed by atoms with Gasteiger partial charge in [-0.1, -0.05) is 17.7 Å². The van der Waals surface area contributed by atoms with Gasteiger partial charge in [0.25, 0.3) is 0 Å². The number of rotatable bonds is 6. The lowest BCUT2D eigenvalue weighted by atomic mass is 10.1. The van der Waals surface area contributed by atoms with Crippen LogP contribution in [0, 0.1) is 5.82 Å². The summed E-state index contributed by atoms with van der Waals surface area (Å²) in [5.41, 5.74) is -1.02. The summed E-state index contributed by atoms with van der Waals surface area (Å²) in [5.74, 6) is -0.935. The molecule has 0 aliphatic rings. The molecule has 106 valence electrons. The standard InChI is InChI=1S/C13H17ClFNO3/c1-13(18,8-19-2)7-16-12(17)6-9-10(14)4-3-5-11(9)15/h3-5,18H,6-8H2,1-2H3,(H,16,17)/t13-/m0/s1. The average molecular weight is 290 g/mol. The topological polar surface area (TPSA) is 58.6 Å². The van der Waals surface area contributed by atoms with Crippen molar-refractivity contribution in [2.75, 3.05) is 20.3 Å². The Balaban J connectivity index is 2.57. The van der Waals surface area contributed by atoms with Gasteiger partial charge in [0.2, 0.25) is 5.91 Å². The van der Waals surface area contributed by atoms with Crippen LogP contribution in [0.3, 0.4) is 0 Å². The number of halogens is 2. The molecule has 1 aromatic rings. The van der Waals surface area contributed by atoms with Crippen molar-refractivity contribution in [1.29, 1.82) is 0 Å². The summed E-state index contributed by atoms with van der Waals surface area (Å²) < 4.78 is 18.3. The van der Waals surface area contributed by atoms with Gasteiger partial charge < -0.3 is 15.2 Å². The van der Waals surface area contributed by atoms with Gasteiger partial charge in [-0.2, -0.15) is 0 Å². The zero-order valence-corrected chi connectivity index (χ0v) is 11.6. The second-order valence-electron chi connectivity index (χ2n) is 4.58. The lowest BCUT2D eigenvalue weighted by molar-refractivity contribution is -0.122. The molecule has 0 spiro atoms. The van der Waals surface area contributed by atoms with Crippen molar-refractivity contribution in [3.8, 4) is 0 Å². The van der Waals surface area contributed by atoms with Crippen LogP contribution in [0.25, 0.3) is 0 Å². The molecule has 0 heterocycles. The predicted molar refractivity (Wildman–Crippen MR) is 70.6 cm³/mol. The van der Waals surface area contributed by atoms with Crippen molar-refractivity contribution in [1.82, 2.24) is 5.32 Å². The van der Waals surface area contributed by atoms with Crippen molar-refractivity contribution in [3.05, 3.63) is 34.6 Å². The molecule has 0 saturated carbocycles. The molecular formula is C13H17ClFNO3. The minimum atomic E-state index is -1.16. The molecule has 0 radical (unpaired) electrons. The molecule has 0 saturated heterocycles. The molecule has 0 aliphatic heterocycles. The van der Waals surface area contributed by atoms with E-state index in [-0.39, 0.29) is 30.2 Å². The number of nitrogens with one attached hydrogen (secondary N) is 1. The number of hydrogen-bond donors (Lipinski definition) is 2. The summed E-state index contributed by atoms with van der Waals surface area (Å²) in [7, 11) is 1.45. The van der Waals surface area contributed by atoms with Crippen LogP contribution in [0.5, 0.6) is 0 Å². The monoisotopic (exact) mass is 289 g/mol. The van der Waals surface area contributed by atoms with E-state index in [2.05, 4.69) is 5.32 Å². The van der Waals surface area contributed by atoms with Crippen molar-refractivity contribution < 1.29 is 19.0 Å². The Kier molecular flexibility index (Phi) is 5.72. The first-order valence-corrected chi connectivity index (χ1v) is 6.14. The smallest absolute Gasteiger partial charge is 0.224 e. The van der Waals surface area contributed by atoms with E-state index >= 15 is 0 Å². The largest absolute Gasteiger partial charge is 0.386 e. The van der Waals surface area contributed by atoms with E-state index in [0.717, 1.165) is 0 Å². The number of benzene rings is 1. The first-order chi connectivity index (χ1) is 8.85. The van der Waals surface area contributed by atoms with E-state index < -0.39 is 17.3 Å². The maximum absolute atomic E-state index is 13.5. The molecule has 0 fully saturated rings. The van der Waals surface area contributed by atoms with Crippen LogP contribution in [0.15, 0.2) is 18.2 Å². The molecular weight excluding hydrogens is 273 g/mol. The highest BCUT2D eigenvalue weighted by Gasteiger charge is 2.21. The molecule has 19 heavy (non-hydrogen) atoms. The van der Waals surface area contributed by atoms with E-state index in [1.807, 2.05) is 0 Å². The minimum Gasteiger partial charge on any atom is -0.386 e. The average Bonchev–Trinajstić information content (AvgIpc) is 2.32. The SMILES string of the molecule is COC[C@@](C)(O)CNC(=O)Cc1c(F)cccc1Cl. The quantitative estimate of drug-likeness (QED) is 0.835. The number of hydrogen-bond acceptors (Lipinski definition) is 3. The fourth-order valence-electron chi connectivity index (χ4n) is 1.58. The number of ether oxygens (including phenoxy) is 1. The van der Waals surface area contributed by atoms with Crippen molar-refractivity contribution >= 4 is 17.5 Å². The Hall–Kier alpha value is -1.17. The molecule has 2 N–H and O–H groups in total. The van der Waals surface area contributed by atoms with Crippen molar-refractivity contribution in [2.45, 2.75) is 18.9 Å². The van der Waals surface area contributed by atoms with Gasteiger partial charge in [-0.25, -0.2) is 4.39 Å². The molecule has 0 bridgehead atoms. The van der Waals surface area contributed by atoms with E-state index in [0.29, 0.717) is 0 Å². The summed E-state index contributed by atoms with van der Waals surface area (Å²) in [6.45, 7) is 1.65. The zero-order valence-electron chi connectivity index (χ0n) is 10.9. The third-order valence-corrected chi connectivity index (χ3v) is 2.87. The summed E-state index contributed by atoms with van der Waals surface area (Å²) in [6, 6.07) is 4.24. The third-order valence-electron chi connectivity index (χ3n) is 2.52. The van der Waals surface area contributed by atoms with Gasteiger partial charge in [-0.3, -0.25) is 4.79 Å². The second-order valence-corrected chi connectivity index (χ2v) is 4.99. The van der Waals surface area contributed by atoms with Crippen LogP contribution in [-0.4, -0.2) is 36.9 Å². The van der Waals surface area contributed by atoms with Gasteiger partial charge >= 0.3 is 0 Å². The fraction of sp³-hybridized carbons (Fsp3) is 0.462.